The van der Waals surface area contributed by atoms with E-state index in [0.717, 1.165) is 6.07 Å². The number of benzene rings is 2. The van der Waals surface area contributed by atoms with Gasteiger partial charge in [0.05, 0.1) is 24.4 Å². The molecule has 0 aliphatic rings. The van der Waals surface area contributed by atoms with Crippen LogP contribution in [0.2, 0.25) is 0 Å². The van der Waals surface area contributed by atoms with E-state index in [2.05, 4.69) is 10.6 Å². The van der Waals surface area contributed by atoms with Crippen LogP contribution >= 0.6 is 0 Å². The monoisotopic (exact) mass is 439 g/mol. The van der Waals surface area contributed by atoms with Gasteiger partial charge < -0.3 is 25.8 Å². The maximum atomic E-state index is 13.6. The fraction of sp³-hybridized carbons (Fsp3) is 0.250. The fourth-order valence-electron chi connectivity index (χ4n) is 2.41. The van der Waals surface area contributed by atoms with Gasteiger partial charge in [0.15, 0.2) is 23.6 Å². The van der Waals surface area contributed by atoms with Gasteiger partial charge in [-0.1, -0.05) is 12.1 Å². The van der Waals surface area contributed by atoms with Crippen molar-refractivity contribution in [1.82, 2.24) is 5.32 Å². The van der Waals surface area contributed by atoms with Gasteiger partial charge in [-0.05, 0) is 31.2 Å². The second-order valence-electron chi connectivity index (χ2n) is 6.23. The number of nitrogens with one attached hydrogen (secondary N) is 3. The molecule has 166 valence electrons. The van der Waals surface area contributed by atoms with Crippen LogP contribution in [0.4, 0.5) is 24.5 Å². The number of anilines is 2. The highest BCUT2D eigenvalue weighted by Crippen LogP contribution is 2.19. The molecular formula is C20H20F3N3O5. The first-order valence-corrected chi connectivity index (χ1v) is 9.10. The zero-order valence-corrected chi connectivity index (χ0v) is 16.4. The molecule has 0 saturated carbocycles. The molecule has 0 saturated heterocycles. The molecule has 0 spiro atoms. The molecule has 2 rings (SSSR count). The lowest BCUT2D eigenvalue weighted by Crippen LogP contribution is -2.40. The molecule has 2 amide bonds. The number of ether oxygens (including phenoxy) is 1. The zero-order valence-electron chi connectivity index (χ0n) is 16.4. The highest BCUT2D eigenvalue weighted by molar-refractivity contribution is 5.98. The van der Waals surface area contributed by atoms with Crippen molar-refractivity contribution in [1.29, 1.82) is 0 Å². The van der Waals surface area contributed by atoms with Gasteiger partial charge >= 0.3 is 5.97 Å². The summed E-state index contributed by atoms with van der Waals surface area (Å²) in [4.78, 5) is 36.2. The maximum absolute atomic E-state index is 13.6. The van der Waals surface area contributed by atoms with Crippen LogP contribution in [0.1, 0.15) is 17.3 Å². The van der Waals surface area contributed by atoms with Crippen molar-refractivity contribution in [3.05, 3.63) is 59.4 Å². The van der Waals surface area contributed by atoms with Gasteiger partial charge in [-0.15, -0.1) is 0 Å². The summed E-state index contributed by atoms with van der Waals surface area (Å²) in [5, 5.41) is 15.9. The lowest BCUT2D eigenvalue weighted by atomic mass is 10.1. The van der Waals surface area contributed by atoms with E-state index in [1.54, 1.807) is 18.2 Å². The average Bonchev–Trinajstić information content (AvgIpc) is 2.76. The average molecular weight is 439 g/mol. The van der Waals surface area contributed by atoms with Gasteiger partial charge in [0.2, 0.25) is 5.91 Å². The van der Waals surface area contributed by atoms with Crippen LogP contribution in [0.3, 0.4) is 0 Å². The number of rotatable bonds is 9. The second-order valence-corrected chi connectivity index (χ2v) is 6.23. The molecule has 0 aliphatic heterocycles. The summed E-state index contributed by atoms with van der Waals surface area (Å²) in [7, 11) is 0. The minimum atomic E-state index is -1.74. The van der Waals surface area contributed by atoms with E-state index in [9.17, 15) is 27.6 Å². The minimum Gasteiger partial charge on any atom is -0.449 e. The Morgan fingerprint density at radius 3 is 2.45 bits per heavy atom. The topological polar surface area (TPSA) is 117 Å². The summed E-state index contributed by atoms with van der Waals surface area (Å²) in [6.45, 7) is 0.699. The molecule has 0 unspecified atom stereocenters. The molecule has 1 atom stereocenters. The van der Waals surface area contributed by atoms with Crippen LogP contribution in [-0.4, -0.2) is 48.7 Å². The normalized spacial score (nSPS) is 11.4. The Kier molecular flexibility index (Phi) is 8.38. The van der Waals surface area contributed by atoms with E-state index in [1.807, 2.05) is 5.32 Å². The second kappa shape index (κ2) is 11.0. The van der Waals surface area contributed by atoms with E-state index in [0.29, 0.717) is 11.8 Å². The smallest absolute Gasteiger partial charge is 0.341 e. The van der Waals surface area contributed by atoms with Gasteiger partial charge in [-0.2, -0.15) is 0 Å². The van der Waals surface area contributed by atoms with E-state index in [1.165, 1.54) is 13.0 Å². The number of amides is 2. The third-order valence-corrected chi connectivity index (χ3v) is 3.96. The van der Waals surface area contributed by atoms with E-state index in [-0.39, 0.29) is 18.7 Å². The van der Waals surface area contributed by atoms with Crippen molar-refractivity contribution in [3.63, 3.8) is 0 Å². The van der Waals surface area contributed by atoms with Crippen LogP contribution in [-0.2, 0) is 14.3 Å². The van der Waals surface area contributed by atoms with Gasteiger partial charge in [-0.25, -0.2) is 18.0 Å². The summed E-state index contributed by atoms with van der Waals surface area (Å²) in [5.74, 6) is -7.25. The highest BCUT2D eigenvalue weighted by Gasteiger charge is 2.22. The Morgan fingerprint density at radius 1 is 1.03 bits per heavy atom. The molecule has 0 heterocycles. The maximum Gasteiger partial charge on any atom is 0.341 e. The molecule has 8 nitrogen and oxygen atoms in total. The predicted octanol–water partition coefficient (Wildman–Crippen LogP) is 1.81. The standard InChI is InChI=1S/C20H20F3N3O5/c1-11(31-20(30)12-4-2-3-5-14(12)24-8-9-27)19(29)25-10-16(28)26-15-7-6-13(21)17(22)18(15)23/h2-7,11,24,27H,8-10H2,1H3,(H,25,29)(H,26,28)/t11-/m1/s1. The number of hydrogen-bond donors (Lipinski definition) is 4. The van der Waals surface area contributed by atoms with Crippen LogP contribution in [0.15, 0.2) is 36.4 Å². The van der Waals surface area contributed by atoms with Gasteiger partial charge in [0.25, 0.3) is 5.91 Å². The number of carbonyl (C=O) groups is 3. The molecule has 0 fully saturated rings. The predicted molar refractivity (Wildman–Crippen MR) is 105 cm³/mol. The van der Waals surface area contributed by atoms with Gasteiger partial charge in [0.1, 0.15) is 0 Å². The molecule has 0 bridgehead atoms. The lowest BCUT2D eigenvalue weighted by molar-refractivity contribution is -0.130. The largest absolute Gasteiger partial charge is 0.449 e. The number of carbonyl (C=O) groups excluding carboxylic acids is 3. The summed E-state index contributed by atoms with van der Waals surface area (Å²) in [5.41, 5.74) is -0.0474. The first kappa shape index (κ1) is 23.7. The summed E-state index contributed by atoms with van der Waals surface area (Å²) in [6, 6.07) is 7.80. The van der Waals surface area contributed by atoms with Crippen molar-refractivity contribution >= 4 is 29.2 Å². The number of hydrogen-bond acceptors (Lipinski definition) is 6. The van der Waals surface area contributed by atoms with Crippen LogP contribution in [0.5, 0.6) is 0 Å². The number of halogens is 3. The molecule has 4 N–H and O–H groups in total. The fourth-order valence-corrected chi connectivity index (χ4v) is 2.41. The summed E-state index contributed by atoms with van der Waals surface area (Å²) < 4.78 is 44.7. The van der Waals surface area contributed by atoms with Crippen molar-refractivity contribution in [3.8, 4) is 0 Å². The third kappa shape index (κ3) is 6.44. The Labute approximate surface area is 175 Å². The van der Waals surface area contributed by atoms with Crippen LogP contribution in [0.25, 0.3) is 0 Å². The first-order valence-electron chi connectivity index (χ1n) is 9.10. The zero-order chi connectivity index (χ0) is 23.0. The molecule has 2 aromatic rings. The number of para-hydroxylation sites is 1. The Morgan fingerprint density at radius 2 is 1.74 bits per heavy atom. The van der Waals surface area contributed by atoms with Gasteiger partial charge in [-0.3, -0.25) is 9.59 Å². The molecule has 31 heavy (non-hydrogen) atoms. The molecule has 2 aromatic carbocycles. The van der Waals surface area contributed by atoms with Crippen molar-refractivity contribution in [2.24, 2.45) is 0 Å². The van der Waals surface area contributed by atoms with Crippen molar-refractivity contribution in [2.75, 3.05) is 30.3 Å². The summed E-state index contributed by atoms with van der Waals surface area (Å²) in [6.07, 6.45) is -1.27. The molecule has 0 aromatic heterocycles. The Balaban J connectivity index is 1.89. The first-order chi connectivity index (χ1) is 14.7. The Hall–Kier alpha value is -3.60. The highest BCUT2D eigenvalue weighted by atomic mass is 19.2. The van der Waals surface area contributed by atoms with E-state index < -0.39 is 53.6 Å². The molecule has 0 radical (unpaired) electrons. The van der Waals surface area contributed by atoms with E-state index >= 15 is 0 Å². The lowest BCUT2D eigenvalue weighted by Gasteiger charge is -2.15. The van der Waals surface area contributed by atoms with Gasteiger partial charge in [0, 0.05) is 12.2 Å². The quantitative estimate of drug-likeness (QED) is 0.350. The van der Waals surface area contributed by atoms with Crippen molar-refractivity contribution in [2.45, 2.75) is 13.0 Å². The Bertz CT molecular complexity index is 971. The molecular weight excluding hydrogens is 419 g/mol. The van der Waals surface area contributed by atoms with Crippen LogP contribution in [0, 0.1) is 17.5 Å². The number of esters is 1. The molecule has 0 aliphatic carbocycles. The molecule has 11 heteroatoms. The number of aliphatic hydroxyl groups excluding tert-OH is 1. The van der Waals surface area contributed by atoms with Crippen molar-refractivity contribution < 1.29 is 37.4 Å². The minimum absolute atomic E-state index is 0.141. The SMILES string of the molecule is C[C@@H](OC(=O)c1ccccc1NCCO)C(=O)NCC(=O)Nc1ccc(F)c(F)c1F. The van der Waals surface area contributed by atoms with E-state index in [4.69, 9.17) is 9.84 Å². The van der Waals surface area contributed by atoms with Crippen LogP contribution < -0.4 is 16.0 Å². The third-order valence-electron chi connectivity index (χ3n) is 3.96. The number of aliphatic hydroxyl groups is 1. The summed E-state index contributed by atoms with van der Waals surface area (Å²) >= 11 is 0.